The smallest absolute Gasteiger partial charge is 0.407 e. The molecule has 0 aromatic carbocycles. The van der Waals surface area contributed by atoms with Gasteiger partial charge in [0, 0.05) is 25.7 Å². The van der Waals surface area contributed by atoms with E-state index in [9.17, 15) is 20.0 Å². The Balaban J connectivity index is 2.20. The highest BCUT2D eigenvalue weighted by atomic mass is 16.6. The summed E-state index contributed by atoms with van der Waals surface area (Å²) in [6.07, 6.45) is 0.307. The fraction of sp³-hybridized carbons (Fsp3) is 0.571. The Bertz CT molecular complexity index is 567. The number of nitrogens with zero attached hydrogens (tertiary/aromatic N) is 4. The normalized spacial score (nSPS) is 19.1. The second kappa shape index (κ2) is 5.78. The molecule has 1 saturated heterocycles. The largest absolute Gasteiger partial charge is 0.465 e. The van der Waals surface area contributed by atoms with Crippen molar-refractivity contribution in [3.63, 3.8) is 0 Å². The number of hydrogen-bond acceptors (Lipinski definition) is 5. The lowest BCUT2D eigenvalue weighted by atomic mass is 9.84. The van der Waals surface area contributed by atoms with Gasteiger partial charge in [0.05, 0.1) is 11.0 Å². The zero-order chi connectivity index (χ0) is 16.5. The predicted molar refractivity (Wildman–Crippen MR) is 81.1 cm³/mol. The third-order valence-electron chi connectivity index (χ3n) is 3.89. The number of pyridine rings is 1. The molecular weight excluding hydrogens is 288 g/mol. The van der Waals surface area contributed by atoms with Gasteiger partial charge < -0.3 is 14.9 Å². The summed E-state index contributed by atoms with van der Waals surface area (Å²) in [4.78, 5) is 29.1. The predicted octanol–water partition coefficient (Wildman–Crippen LogP) is 2.20. The number of aromatic nitrogens is 1. The van der Waals surface area contributed by atoms with Crippen LogP contribution in [0, 0.1) is 15.5 Å². The molecule has 0 bridgehead atoms. The van der Waals surface area contributed by atoms with Crippen LogP contribution in [0.3, 0.4) is 0 Å². The van der Waals surface area contributed by atoms with Gasteiger partial charge in [0.25, 0.3) is 5.69 Å². The van der Waals surface area contributed by atoms with Gasteiger partial charge in [0.2, 0.25) is 0 Å². The van der Waals surface area contributed by atoms with Crippen molar-refractivity contribution in [2.24, 2.45) is 5.41 Å². The summed E-state index contributed by atoms with van der Waals surface area (Å²) in [5.41, 5.74) is -0.266. The topological polar surface area (TPSA) is 99.8 Å². The van der Waals surface area contributed by atoms with Gasteiger partial charge in [0.15, 0.2) is 0 Å². The summed E-state index contributed by atoms with van der Waals surface area (Å²) in [6, 6.07) is 2.85. The molecule has 1 N–H and O–H groups in total. The van der Waals surface area contributed by atoms with Gasteiger partial charge in [-0.25, -0.2) is 9.78 Å². The molecular formula is C14H20N4O4. The van der Waals surface area contributed by atoms with Crippen molar-refractivity contribution in [3.05, 3.63) is 28.4 Å². The van der Waals surface area contributed by atoms with Crippen LogP contribution in [0.25, 0.3) is 0 Å². The maximum Gasteiger partial charge on any atom is 0.407 e. The monoisotopic (exact) mass is 308 g/mol. The van der Waals surface area contributed by atoms with Crippen molar-refractivity contribution in [1.82, 2.24) is 9.88 Å². The molecule has 2 rings (SSSR count). The molecule has 120 valence electrons. The maximum absolute atomic E-state index is 11.4. The molecule has 1 amide bonds. The quantitative estimate of drug-likeness (QED) is 0.664. The van der Waals surface area contributed by atoms with E-state index < -0.39 is 11.0 Å². The summed E-state index contributed by atoms with van der Waals surface area (Å²) in [6.45, 7) is 7.42. The minimum atomic E-state index is -0.920. The molecule has 8 nitrogen and oxygen atoms in total. The molecule has 1 fully saturated rings. The number of rotatable bonds is 2. The van der Waals surface area contributed by atoms with Gasteiger partial charge in [-0.05, 0) is 11.5 Å². The highest BCUT2D eigenvalue weighted by Gasteiger charge is 2.38. The lowest BCUT2D eigenvalue weighted by Crippen LogP contribution is -2.59. The first-order valence-electron chi connectivity index (χ1n) is 7.05. The van der Waals surface area contributed by atoms with Crippen molar-refractivity contribution < 1.29 is 14.8 Å². The fourth-order valence-corrected chi connectivity index (χ4v) is 2.63. The van der Waals surface area contributed by atoms with Gasteiger partial charge >= 0.3 is 6.09 Å². The molecule has 1 aromatic heterocycles. The first kappa shape index (κ1) is 16.0. The summed E-state index contributed by atoms with van der Waals surface area (Å²) < 4.78 is 0. The van der Waals surface area contributed by atoms with Gasteiger partial charge in [0.1, 0.15) is 12.0 Å². The average molecular weight is 308 g/mol. The molecule has 22 heavy (non-hydrogen) atoms. The maximum atomic E-state index is 11.4. The van der Waals surface area contributed by atoms with E-state index in [1.165, 1.54) is 17.2 Å². The molecule has 1 unspecified atom stereocenters. The lowest BCUT2D eigenvalue weighted by Gasteiger charge is -2.46. The van der Waals surface area contributed by atoms with Crippen LogP contribution in [-0.4, -0.2) is 51.7 Å². The van der Waals surface area contributed by atoms with Crippen molar-refractivity contribution in [2.75, 3.05) is 24.5 Å². The van der Waals surface area contributed by atoms with Crippen LogP contribution in [0.4, 0.5) is 16.3 Å². The van der Waals surface area contributed by atoms with Crippen LogP contribution in [0.1, 0.15) is 20.8 Å². The molecule has 2 heterocycles. The SMILES string of the molecule is CC(C)(C)C1CN(c2ccc([N+](=O)[O-])cn2)CCN1C(=O)O. The first-order chi connectivity index (χ1) is 10.2. The molecule has 1 aromatic rings. The number of hydrogen-bond donors (Lipinski definition) is 1. The highest BCUT2D eigenvalue weighted by Crippen LogP contribution is 2.29. The number of carboxylic acid groups (broad SMARTS) is 1. The zero-order valence-corrected chi connectivity index (χ0v) is 12.9. The van der Waals surface area contributed by atoms with E-state index in [1.807, 2.05) is 25.7 Å². The molecule has 0 aliphatic carbocycles. The van der Waals surface area contributed by atoms with Crippen LogP contribution < -0.4 is 4.90 Å². The molecule has 1 atom stereocenters. The highest BCUT2D eigenvalue weighted by molar-refractivity contribution is 5.66. The number of piperazine rings is 1. The van der Waals surface area contributed by atoms with Crippen LogP contribution in [0.2, 0.25) is 0 Å². The minimum Gasteiger partial charge on any atom is -0.465 e. The van der Waals surface area contributed by atoms with E-state index in [4.69, 9.17) is 0 Å². The standard InChI is InChI=1S/C14H20N4O4/c1-14(2,3)11-9-16(6-7-17(11)13(19)20)12-5-4-10(8-15-12)18(21)22/h4-5,8,11H,6-7,9H2,1-3H3,(H,19,20). The second-order valence-electron chi connectivity index (χ2n) is 6.44. The second-order valence-corrected chi connectivity index (χ2v) is 6.44. The molecule has 0 saturated carbocycles. The number of anilines is 1. The van der Waals surface area contributed by atoms with Crippen LogP contribution in [0.15, 0.2) is 18.3 Å². The number of nitro groups is 1. The number of amides is 1. The first-order valence-corrected chi connectivity index (χ1v) is 7.05. The van der Waals surface area contributed by atoms with Crippen molar-refractivity contribution in [1.29, 1.82) is 0 Å². The molecule has 8 heteroatoms. The van der Waals surface area contributed by atoms with Crippen molar-refractivity contribution in [3.8, 4) is 0 Å². The van der Waals surface area contributed by atoms with Gasteiger partial charge in [-0.2, -0.15) is 0 Å². The average Bonchev–Trinajstić information content (AvgIpc) is 2.45. The summed E-state index contributed by atoms with van der Waals surface area (Å²) in [5, 5.41) is 20.0. The Morgan fingerprint density at radius 2 is 2.09 bits per heavy atom. The molecule has 0 spiro atoms. The van der Waals surface area contributed by atoms with E-state index in [0.717, 1.165) is 0 Å². The lowest BCUT2D eigenvalue weighted by molar-refractivity contribution is -0.385. The van der Waals surface area contributed by atoms with Crippen molar-refractivity contribution >= 4 is 17.6 Å². The van der Waals surface area contributed by atoms with Crippen molar-refractivity contribution in [2.45, 2.75) is 26.8 Å². The fourth-order valence-electron chi connectivity index (χ4n) is 2.63. The Morgan fingerprint density at radius 3 is 2.55 bits per heavy atom. The van der Waals surface area contributed by atoms with E-state index in [2.05, 4.69) is 4.98 Å². The van der Waals surface area contributed by atoms with Gasteiger partial charge in [-0.1, -0.05) is 20.8 Å². The van der Waals surface area contributed by atoms with E-state index >= 15 is 0 Å². The summed E-state index contributed by atoms with van der Waals surface area (Å²) in [7, 11) is 0. The molecule has 1 aliphatic heterocycles. The number of carbonyl (C=O) groups is 1. The Labute approximate surface area is 128 Å². The third kappa shape index (κ3) is 3.26. The third-order valence-corrected chi connectivity index (χ3v) is 3.89. The zero-order valence-electron chi connectivity index (χ0n) is 12.9. The Hall–Kier alpha value is -2.38. The Morgan fingerprint density at radius 1 is 1.41 bits per heavy atom. The Kier molecular flexibility index (Phi) is 4.20. The molecule has 1 aliphatic rings. The summed E-state index contributed by atoms with van der Waals surface area (Å²) >= 11 is 0. The minimum absolute atomic E-state index is 0.0553. The van der Waals surface area contributed by atoms with Crippen LogP contribution in [-0.2, 0) is 0 Å². The van der Waals surface area contributed by atoms with Crippen LogP contribution >= 0.6 is 0 Å². The van der Waals surface area contributed by atoms with Gasteiger partial charge in [-0.15, -0.1) is 0 Å². The molecule has 0 radical (unpaired) electrons. The summed E-state index contributed by atoms with van der Waals surface area (Å²) in [5.74, 6) is 0.630. The van der Waals surface area contributed by atoms with E-state index in [0.29, 0.717) is 25.5 Å². The van der Waals surface area contributed by atoms with Crippen LogP contribution in [0.5, 0.6) is 0 Å². The van der Waals surface area contributed by atoms with E-state index in [1.54, 1.807) is 6.07 Å². The van der Waals surface area contributed by atoms with E-state index in [-0.39, 0.29) is 17.1 Å². The van der Waals surface area contributed by atoms with Gasteiger partial charge in [-0.3, -0.25) is 10.1 Å².